The van der Waals surface area contributed by atoms with E-state index in [4.69, 9.17) is 8.92 Å². The van der Waals surface area contributed by atoms with Gasteiger partial charge in [0.25, 0.3) is 0 Å². The molecule has 0 saturated carbocycles. The average molecular weight is 354 g/mol. The molecule has 3 aromatic carbocycles. The van der Waals surface area contributed by atoms with Gasteiger partial charge in [0.05, 0.1) is 0 Å². The highest BCUT2D eigenvalue weighted by molar-refractivity contribution is 8.02. The van der Waals surface area contributed by atoms with Crippen LogP contribution in [0.4, 0.5) is 0 Å². The zero-order chi connectivity index (χ0) is 17.7. The predicted molar refractivity (Wildman–Crippen MR) is 93.3 cm³/mol. The van der Waals surface area contributed by atoms with Crippen LogP contribution in [0.5, 0.6) is 17.2 Å². The van der Waals surface area contributed by atoms with Crippen molar-refractivity contribution in [3.8, 4) is 17.2 Å². The summed E-state index contributed by atoms with van der Waals surface area (Å²) in [5.41, 5.74) is -0.00339. The molecule has 0 fully saturated rings. The predicted octanol–water partition coefficient (Wildman–Crippen LogP) is 4.03. The molecule has 5 nitrogen and oxygen atoms in total. The molecule has 0 bridgehead atoms. The molecule has 0 aromatic heterocycles. The topological polar surface area (TPSA) is 69.7 Å². The smallest absolute Gasteiger partial charge is 0.378 e. The van der Waals surface area contributed by atoms with Crippen LogP contribution >= 0.6 is 0 Å². The van der Waals surface area contributed by atoms with Crippen LogP contribution < -0.4 is 8.92 Å². The summed E-state index contributed by atoms with van der Waals surface area (Å²) in [6.07, 6.45) is 0. The fourth-order valence-corrected chi connectivity index (χ4v) is 2.93. The van der Waals surface area contributed by atoms with Crippen molar-refractivity contribution in [2.24, 2.45) is 0 Å². The first-order chi connectivity index (χ1) is 12.0. The second kappa shape index (κ2) is 7.19. The molecule has 3 aromatic rings. The van der Waals surface area contributed by atoms with Crippen LogP contribution in [0.15, 0.2) is 84.9 Å². The van der Waals surface area contributed by atoms with Gasteiger partial charge < -0.3 is 8.92 Å². The van der Waals surface area contributed by atoms with Crippen molar-refractivity contribution in [2.75, 3.05) is 0 Å². The molecule has 0 aliphatic rings. The van der Waals surface area contributed by atoms with Crippen molar-refractivity contribution in [3.63, 3.8) is 0 Å². The molecule has 0 saturated heterocycles. The number of rotatable bonds is 5. The first-order valence-corrected chi connectivity index (χ1v) is 8.82. The van der Waals surface area contributed by atoms with Gasteiger partial charge in [-0.05, 0) is 48.5 Å². The van der Waals surface area contributed by atoms with E-state index in [2.05, 4.69) is 0 Å². The van der Waals surface area contributed by atoms with Crippen LogP contribution in [-0.2, 0) is 10.1 Å². The number of hydrogen-bond donors (Lipinski definition) is 0. The minimum atomic E-state index is -4.42. The van der Waals surface area contributed by atoms with Gasteiger partial charge in [-0.2, -0.15) is 8.42 Å². The SMILES string of the molecule is O=C(c1ccc(Oc2ccccc2)cc1)S(=O)(=O)Oc1ccccc1. The molecule has 25 heavy (non-hydrogen) atoms. The highest BCUT2D eigenvalue weighted by Crippen LogP contribution is 2.22. The van der Waals surface area contributed by atoms with E-state index in [1.807, 2.05) is 18.2 Å². The summed E-state index contributed by atoms with van der Waals surface area (Å²) in [7, 11) is -4.42. The van der Waals surface area contributed by atoms with Crippen LogP contribution in [0.2, 0.25) is 0 Å². The third kappa shape index (κ3) is 4.24. The van der Waals surface area contributed by atoms with Gasteiger partial charge in [0.15, 0.2) is 0 Å². The molecular formula is C19H14O5S. The van der Waals surface area contributed by atoms with E-state index in [9.17, 15) is 13.2 Å². The van der Waals surface area contributed by atoms with Crippen LogP contribution in [0.1, 0.15) is 10.4 Å². The van der Waals surface area contributed by atoms with Gasteiger partial charge in [-0.15, -0.1) is 0 Å². The summed E-state index contributed by atoms with van der Waals surface area (Å²) in [5, 5.41) is -1.11. The van der Waals surface area contributed by atoms with Crippen LogP contribution in [0.25, 0.3) is 0 Å². The molecule has 0 unspecified atom stereocenters. The van der Waals surface area contributed by atoms with Gasteiger partial charge in [-0.3, -0.25) is 4.79 Å². The maximum Gasteiger partial charge on any atom is 0.378 e. The number of hydrogen-bond acceptors (Lipinski definition) is 5. The van der Waals surface area contributed by atoms with Gasteiger partial charge in [0.1, 0.15) is 17.2 Å². The molecule has 0 atom stereocenters. The Labute approximate surface area is 145 Å². The molecule has 0 amide bonds. The summed E-state index contributed by atoms with van der Waals surface area (Å²) >= 11 is 0. The number of benzene rings is 3. The van der Waals surface area contributed by atoms with Gasteiger partial charge in [0, 0.05) is 5.56 Å². The number of carbonyl (C=O) groups excluding carboxylic acids is 1. The molecule has 0 heterocycles. The van der Waals surface area contributed by atoms with Crippen molar-refractivity contribution in [1.29, 1.82) is 0 Å². The van der Waals surface area contributed by atoms with Crippen molar-refractivity contribution >= 4 is 15.2 Å². The Hall–Kier alpha value is -3.12. The highest BCUT2D eigenvalue weighted by Gasteiger charge is 2.26. The molecule has 0 aliphatic carbocycles. The summed E-state index contributed by atoms with van der Waals surface area (Å²) in [4.78, 5) is 12.2. The number of carbonyl (C=O) groups is 1. The van der Waals surface area contributed by atoms with Crippen molar-refractivity contribution < 1.29 is 22.1 Å². The van der Waals surface area contributed by atoms with E-state index in [0.717, 1.165) is 0 Å². The first-order valence-electron chi connectivity index (χ1n) is 7.41. The van der Waals surface area contributed by atoms with Crippen molar-refractivity contribution in [2.45, 2.75) is 0 Å². The Morgan fingerprint density at radius 3 is 1.68 bits per heavy atom. The zero-order valence-electron chi connectivity index (χ0n) is 13.0. The van der Waals surface area contributed by atoms with Crippen LogP contribution in [-0.4, -0.2) is 13.5 Å². The van der Waals surface area contributed by atoms with Gasteiger partial charge in [0.2, 0.25) is 0 Å². The molecule has 0 aliphatic heterocycles. The summed E-state index contributed by atoms with van der Waals surface area (Å²) in [6.45, 7) is 0. The van der Waals surface area contributed by atoms with Crippen molar-refractivity contribution in [1.82, 2.24) is 0 Å². The summed E-state index contributed by atoms with van der Waals surface area (Å²) in [6, 6.07) is 22.8. The standard InChI is InChI=1S/C19H14O5S/c20-19(25(21,22)24-18-9-5-2-6-10-18)15-11-13-17(14-12-15)23-16-7-3-1-4-8-16/h1-14H. The number of ether oxygens (including phenoxy) is 1. The van der Waals surface area contributed by atoms with E-state index < -0.39 is 15.2 Å². The third-order valence-electron chi connectivity index (χ3n) is 3.25. The van der Waals surface area contributed by atoms with Crippen molar-refractivity contribution in [3.05, 3.63) is 90.5 Å². The lowest BCUT2D eigenvalue weighted by Gasteiger charge is -2.07. The molecule has 0 spiro atoms. The first kappa shape index (κ1) is 16.7. The van der Waals surface area contributed by atoms with E-state index in [0.29, 0.717) is 11.5 Å². The molecular weight excluding hydrogens is 340 g/mol. The normalized spacial score (nSPS) is 10.9. The van der Waals surface area contributed by atoms with E-state index in [1.54, 1.807) is 30.3 Å². The Bertz CT molecular complexity index is 950. The lowest BCUT2D eigenvalue weighted by Crippen LogP contribution is -2.20. The molecule has 0 N–H and O–H groups in total. The zero-order valence-corrected chi connectivity index (χ0v) is 13.8. The van der Waals surface area contributed by atoms with E-state index >= 15 is 0 Å². The minimum absolute atomic E-state index is 0.00339. The molecule has 3 rings (SSSR count). The largest absolute Gasteiger partial charge is 0.457 e. The fourth-order valence-electron chi connectivity index (χ4n) is 2.07. The fraction of sp³-hybridized carbons (Fsp3) is 0. The van der Waals surface area contributed by atoms with E-state index in [-0.39, 0.29) is 11.3 Å². The van der Waals surface area contributed by atoms with Gasteiger partial charge in [-0.25, -0.2) is 0 Å². The maximum atomic E-state index is 12.2. The summed E-state index contributed by atoms with van der Waals surface area (Å²) < 4.78 is 34.6. The van der Waals surface area contributed by atoms with Crippen LogP contribution in [0.3, 0.4) is 0 Å². The van der Waals surface area contributed by atoms with Gasteiger partial charge in [-0.1, -0.05) is 36.4 Å². The maximum absolute atomic E-state index is 12.2. The monoisotopic (exact) mass is 354 g/mol. The Morgan fingerprint density at radius 1 is 0.640 bits per heavy atom. The van der Waals surface area contributed by atoms with Crippen LogP contribution in [0, 0.1) is 0 Å². The minimum Gasteiger partial charge on any atom is -0.457 e. The Balaban J connectivity index is 1.74. The Morgan fingerprint density at radius 2 is 1.12 bits per heavy atom. The number of para-hydroxylation sites is 2. The quantitative estimate of drug-likeness (QED) is 0.647. The lowest BCUT2D eigenvalue weighted by atomic mass is 10.2. The molecule has 126 valence electrons. The molecule has 6 heteroatoms. The van der Waals surface area contributed by atoms with E-state index in [1.165, 1.54) is 36.4 Å². The summed E-state index contributed by atoms with van der Waals surface area (Å²) in [5.74, 6) is 1.21. The second-order valence-electron chi connectivity index (χ2n) is 5.08. The molecule has 0 radical (unpaired) electrons. The van der Waals surface area contributed by atoms with Gasteiger partial charge >= 0.3 is 15.2 Å². The average Bonchev–Trinajstić information content (AvgIpc) is 2.63. The third-order valence-corrected chi connectivity index (χ3v) is 4.35. The highest BCUT2D eigenvalue weighted by atomic mass is 32.2. The second-order valence-corrected chi connectivity index (χ2v) is 6.52. The Kier molecular flexibility index (Phi) is 4.81. The lowest BCUT2D eigenvalue weighted by molar-refractivity contribution is 0.106.